The molecule has 1 radical (unpaired) electrons. The van der Waals surface area contributed by atoms with E-state index in [9.17, 15) is 4.79 Å². The highest BCUT2D eigenvalue weighted by Gasteiger charge is 2.15. The van der Waals surface area contributed by atoms with Crippen molar-refractivity contribution in [3.05, 3.63) is 6.61 Å². The maximum atomic E-state index is 11.0. The van der Waals surface area contributed by atoms with Gasteiger partial charge in [0.15, 0.2) is 0 Å². The third-order valence-corrected chi connectivity index (χ3v) is 1.47. The smallest absolute Gasteiger partial charge is 0.236 e. The molecule has 1 saturated heterocycles. The number of hydrogen-bond acceptors (Lipinski definition) is 3. The number of nitrogens with zero attached hydrogens (tertiary/aromatic N) is 2. The van der Waals surface area contributed by atoms with Crippen molar-refractivity contribution in [1.82, 2.24) is 4.90 Å². The summed E-state index contributed by atoms with van der Waals surface area (Å²) in [4.78, 5) is 12.6. The molecule has 4 heteroatoms. The molecule has 0 saturated carbocycles. The lowest BCUT2D eigenvalue weighted by atomic mass is 10.3. The minimum Gasteiger partial charge on any atom is -0.372 e. The fraction of sp³-hybridized carbons (Fsp3) is 0.571. The highest BCUT2D eigenvalue weighted by Crippen LogP contribution is 2.01. The molecule has 0 aliphatic carbocycles. The van der Waals surface area contributed by atoms with E-state index < -0.39 is 0 Å². The quantitative estimate of drug-likeness (QED) is 0.529. The van der Waals surface area contributed by atoms with Gasteiger partial charge in [-0.25, -0.2) is 0 Å². The van der Waals surface area contributed by atoms with Gasteiger partial charge >= 0.3 is 0 Å². The van der Waals surface area contributed by atoms with Crippen molar-refractivity contribution in [2.24, 2.45) is 0 Å². The van der Waals surface area contributed by atoms with Crippen molar-refractivity contribution in [2.45, 2.75) is 6.42 Å². The number of hydrogen-bond donors (Lipinski definition) is 0. The summed E-state index contributed by atoms with van der Waals surface area (Å²) in [6, 6.07) is 1.82. The lowest BCUT2D eigenvalue weighted by Gasteiger charge is -2.25. The topological polar surface area (TPSA) is 53.3 Å². The maximum Gasteiger partial charge on any atom is 0.236 e. The average Bonchev–Trinajstić information content (AvgIpc) is 2.07. The van der Waals surface area contributed by atoms with Gasteiger partial charge in [-0.2, -0.15) is 5.26 Å². The second-order valence-electron chi connectivity index (χ2n) is 2.21. The van der Waals surface area contributed by atoms with Gasteiger partial charge in [-0.3, -0.25) is 4.79 Å². The van der Waals surface area contributed by atoms with Crippen LogP contribution in [0.15, 0.2) is 0 Å². The van der Waals surface area contributed by atoms with Crippen molar-refractivity contribution in [1.29, 1.82) is 5.26 Å². The number of carbonyl (C=O) groups excluding carboxylic acids is 1. The van der Waals surface area contributed by atoms with E-state index in [0.717, 1.165) is 0 Å². The lowest BCUT2D eigenvalue weighted by molar-refractivity contribution is -0.132. The highest BCUT2D eigenvalue weighted by atomic mass is 16.5. The summed E-state index contributed by atoms with van der Waals surface area (Å²) in [5, 5.41) is 8.23. The molecule has 1 rings (SSSR count). The average molecular weight is 153 g/mol. The van der Waals surface area contributed by atoms with Crippen LogP contribution in [-0.2, 0) is 9.53 Å². The van der Waals surface area contributed by atoms with Gasteiger partial charge in [0.05, 0.1) is 12.7 Å². The fourth-order valence-corrected chi connectivity index (χ4v) is 0.886. The summed E-state index contributed by atoms with van der Waals surface area (Å²) < 4.78 is 4.93. The number of ether oxygens (including phenoxy) is 1. The number of nitriles is 1. The largest absolute Gasteiger partial charge is 0.372 e. The van der Waals surface area contributed by atoms with Crippen LogP contribution in [0.5, 0.6) is 0 Å². The Morgan fingerprint density at radius 2 is 2.64 bits per heavy atom. The Morgan fingerprint density at radius 3 is 3.18 bits per heavy atom. The van der Waals surface area contributed by atoms with Gasteiger partial charge < -0.3 is 9.64 Å². The zero-order valence-corrected chi connectivity index (χ0v) is 6.12. The fourth-order valence-electron chi connectivity index (χ4n) is 0.886. The molecular weight excluding hydrogens is 144 g/mol. The van der Waals surface area contributed by atoms with Crippen molar-refractivity contribution >= 4 is 5.91 Å². The first kappa shape index (κ1) is 8.02. The summed E-state index contributed by atoms with van der Waals surface area (Å²) in [5.74, 6) is -0.118. The molecular formula is C7H9N2O2. The third kappa shape index (κ3) is 2.20. The predicted octanol–water partition coefficient (Wildman–Crippen LogP) is -0.0793. The summed E-state index contributed by atoms with van der Waals surface area (Å²) in [5.41, 5.74) is 0. The SMILES string of the molecule is N#CCC(=O)N1C[CH]OCC1. The summed E-state index contributed by atoms with van der Waals surface area (Å²) in [7, 11) is 0. The number of carbonyl (C=O) groups is 1. The van der Waals surface area contributed by atoms with Crippen LogP contribution in [0.3, 0.4) is 0 Å². The van der Waals surface area contributed by atoms with E-state index in [2.05, 4.69) is 0 Å². The Morgan fingerprint density at radius 1 is 1.82 bits per heavy atom. The van der Waals surface area contributed by atoms with E-state index in [-0.39, 0.29) is 12.3 Å². The number of rotatable bonds is 1. The van der Waals surface area contributed by atoms with E-state index in [1.54, 1.807) is 11.5 Å². The minimum atomic E-state index is -0.118. The standard InChI is InChI=1S/C7H9N2O2/c8-2-1-7(10)9-3-5-11-6-4-9/h5H,1,3-4,6H2. The van der Waals surface area contributed by atoms with E-state index in [1.165, 1.54) is 0 Å². The van der Waals surface area contributed by atoms with E-state index >= 15 is 0 Å². The molecule has 11 heavy (non-hydrogen) atoms. The monoisotopic (exact) mass is 153 g/mol. The normalized spacial score (nSPS) is 17.5. The molecule has 1 aliphatic rings. The second kappa shape index (κ2) is 3.94. The van der Waals surface area contributed by atoms with E-state index in [1.807, 2.05) is 6.07 Å². The van der Waals surface area contributed by atoms with E-state index in [4.69, 9.17) is 10.00 Å². The maximum absolute atomic E-state index is 11.0. The molecule has 0 aromatic rings. The number of morpholine rings is 1. The van der Waals surface area contributed by atoms with Gasteiger partial charge in [0.2, 0.25) is 5.91 Å². The molecule has 0 bridgehead atoms. The van der Waals surface area contributed by atoms with Crippen molar-refractivity contribution in [2.75, 3.05) is 19.7 Å². The van der Waals surface area contributed by atoms with Crippen molar-refractivity contribution in [3.8, 4) is 6.07 Å². The molecule has 1 amide bonds. The Labute approximate surface area is 65.4 Å². The van der Waals surface area contributed by atoms with Gasteiger partial charge in [-0.1, -0.05) is 0 Å². The van der Waals surface area contributed by atoms with Crippen LogP contribution < -0.4 is 0 Å². The van der Waals surface area contributed by atoms with Crippen LogP contribution in [0.1, 0.15) is 6.42 Å². The van der Waals surface area contributed by atoms with Crippen molar-refractivity contribution < 1.29 is 9.53 Å². The Balaban J connectivity index is 2.34. The van der Waals surface area contributed by atoms with Gasteiger partial charge in [-0.05, 0) is 0 Å². The molecule has 1 fully saturated rings. The first-order valence-electron chi connectivity index (χ1n) is 3.42. The van der Waals surface area contributed by atoms with Crippen LogP contribution in [0.25, 0.3) is 0 Å². The third-order valence-electron chi connectivity index (χ3n) is 1.47. The molecule has 59 valence electrons. The second-order valence-corrected chi connectivity index (χ2v) is 2.21. The lowest BCUT2D eigenvalue weighted by Crippen LogP contribution is -2.38. The molecule has 1 heterocycles. The van der Waals surface area contributed by atoms with Gasteiger partial charge in [0.1, 0.15) is 13.0 Å². The molecule has 0 spiro atoms. The first-order valence-corrected chi connectivity index (χ1v) is 3.42. The highest BCUT2D eigenvalue weighted by molar-refractivity contribution is 5.78. The first-order chi connectivity index (χ1) is 5.34. The zero-order valence-electron chi connectivity index (χ0n) is 6.12. The van der Waals surface area contributed by atoms with Crippen LogP contribution in [0, 0.1) is 17.9 Å². The van der Waals surface area contributed by atoms with Crippen LogP contribution >= 0.6 is 0 Å². The van der Waals surface area contributed by atoms with E-state index in [0.29, 0.717) is 19.7 Å². The zero-order chi connectivity index (χ0) is 8.10. The van der Waals surface area contributed by atoms with Crippen LogP contribution in [-0.4, -0.2) is 30.5 Å². The molecule has 0 aromatic heterocycles. The molecule has 0 N–H and O–H groups in total. The summed E-state index contributed by atoms with van der Waals surface area (Å²) in [6.45, 7) is 3.22. The summed E-state index contributed by atoms with van der Waals surface area (Å²) >= 11 is 0. The molecule has 4 nitrogen and oxygen atoms in total. The van der Waals surface area contributed by atoms with Crippen molar-refractivity contribution in [3.63, 3.8) is 0 Å². The molecule has 0 unspecified atom stereocenters. The van der Waals surface area contributed by atoms with Gasteiger partial charge in [0, 0.05) is 13.1 Å². The summed E-state index contributed by atoms with van der Waals surface area (Å²) in [6.07, 6.45) is -0.0339. The van der Waals surface area contributed by atoms with Gasteiger partial charge in [-0.15, -0.1) is 0 Å². The van der Waals surface area contributed by atoms with Gasteiger partial charge in [0.25, 0.3) is 0 Å². The van der Waals surface area contributed by atoms with Crippen LogP contribution in [0.2, 0.25) is 0 Å². The molecule has 0 atom stereocenters. The number of amides is 1. The Kier molecular flexibility index (Phi) is 2.87. The predicted molar refractivity (Wildman–Crippen MR) is 37.1 cm³/mol. The van der Waals surface area contributed by atoms with Crippen LogP contribution in [0.4, 0.5) is 0 Å². The Bertz CT molecular complexity index is 179. The molecule has 0 aromatic carbocycles. The minimum absolute atomic E-state index is 0.0339. The Hall–Kier alpha value is -1.08. The molecule has 1 aliphatic heterocycles.